The Balaban J connectivity index is 1.40. The summed E-state index contributed by atoms with van der Waals surface area (Å²) in [6.07, 6.45) is 1.53. The molecule has 4 aromatic carbocycles. The van der Waals surface area contributed by atoms with E-state index in [-0.39, 0.29) is 11.6 Å². The molecule has 0 fully saturated rings. The molecule has 49 heavy (non-hydrogen) atoms. The third kappa shape index (κ3) is 9.50. The van der Waals surface area contributed by atoms with Crippen LogP contribution in [0.25, 0.3) is 6.08 Å². The molecular weight excluding hydrogens is 679 g/mol. The van der Waals surface area contributed by atoms with Crippen LogP contribution in [0.15, 0.2) is 119 Å². The molecule has 0 aliphatic rings. The van der Waals surface area contributed by atoms with Gasteiger partial charge in [0.15, 0.2) is 11.5 Å². The highest BCUT2D eigenvalue weighted by Crippen LogP contribution is 2.38. The van der Waals surface area contributed by atoms with Crippen molar-refractivity contribution in [3.8, 4) is 11.5 Å². The summed E-state index contributed by atoms with van der Waals surface area (Å²) in [6, 6.07) is 30.4. The fourth-order valence-electron chi connectivity index (χ4n) is 4.63. The summed E-state index contributed by atoms with van der Waals surface area (Å²) in [5.74, 6) is 0.424. The first kappa shape index (κ1) is 35.2. The lowest BCUT2D eigenvalue weighted by Gasteiger charge is -2.17. The summed E-state index contributed by atoms with van der Waals surface area (Å²) in [6.45, 7) is 2.01. The predicted octanol–water partition coefficient (Wildman–Crippen LogP) is 7.55. The maximum atomic E-state index is 13.8. The molecule has 0 spiro atoms. The van der Waals surface area contributed by atoms with Crippen molar-refractivity contribution in [3.05, 3.63) is 126 Å². The van der Waals surface area contributed by atoms with Gasteiger partial charge in [-0.3, -0.25) is 19.7 Å². The van der Waals surface area contributed by atoms with Crippen molar-refractivity contribution in [2.24, 2.45) is 0 Å². The van der Waals surface area contributed by atoms with Gasteiger partial charge in [0.05, 0.1) is 14.2 Å². The zero-order valence-corrected chi connectivity index (χ0v) is 29.3. The molecule has 0 aliphatic heterocycles. The Hall–Kier alpha value is -5.11. The van der Waals surface area contributed by atoms with Gasteiger partial charge in [0.1, 0.15) is 10.9 Å². The van der Waals surface area contributed by atoms with Crippen molar-refractivity contribution in [1.29, 1.82) is 0 Å². The molecule has 1 heterocycles. The fourth-order valence-corrected chi connectivity index (χ4v) is 6.98. The number of anilines is 2. The highest BCUT2D eigenvalue weighted by molar-refractivity contribution is 8.00. The number of methoxy groups -OCH3 is 2. The lowest BCUT2D eigenvalue weighted by molar-refractivity contribution is -0.116. The number of ether oxygens (including phenoxy) is 2. The average molecular weight is 712 g/mol. The van der Waals surface area contributed by atoms with E-state index >= 15 is 0 Å². The molecule has 0 saturated heterocycles. The Labute approximate surface area is 296 Å². The zero-order chi connectivity index (χ0) is 34.6. The minimum absolute atomic E-state index is 0.0161. The molecular formula is C36H33N5O5S3. The number of aromatic nitrogens is 2. The Morgan fingerprint density at radius 3 is 2.33 bits per heavy atom. The van der Waals surface area contributed by atoms with Gasteiger partial charge in [0.25, 0.3) is 11.8 Å². The lowest BCUT2D eigenvalue weighted by Crippen LogP contribution is -2.30. The number of hydrogen-bond acceptors (Lipinski definition) is 10. The van der Waals surface area contributed by atoms with Crippen molar-refractivity contribution in [3.63, 3.8) is 0 Å². The van der Waals surface area contributed by atoms with Crippen LogP contribution in [-0.2, 0) is 9.59 Å². The maximum Gasteiger partial charge on any atom is 0.272 e. The van der Waals surface area contributed by atoms with E-state index in [0.717, 1.165) is 27.7 Å². The summed E-state index contributed by atoms with van der Waals surface area (Å²) in [5, 5.41) is 8.97. The van der Waals surface area contributed by atoms with Crippen molar-refractivity contribution in [1.82, 2.24) is 14.7 Å². The number of carbonyl (C=O) groups excluding carboxylic acids is 3. The number of rotatable bonds is 14. The van der Waals surface area contributed by atoms with Crippen LogP contribution in [0.4, 0.5) is 10.8 Å². The third-order valence-electron chi connectivity index (χ3n) is 6.86. The summed E-state index contributed by atoms with van der Waals surface area (Å²) in [7, 11) is 3.02. The molecule has 1 aromatic heterocycles. The molecule has 1 unspecified atom stereocenters. The first-order valence-electron chi connectivity index (χ1n) is 15.1. The van der Waals surface area contributed by atoms with Gasteiger partial charge < -0.3 is 20.1 Å². The molecule has 13 heteroatoms. The second-order valence-electron chi connectivity index (χ2n) is 10.2. The van der Waals surface area contributed by atoms with Crippen LogP contribution in [0, 0.1) is 0 Å². The van der Waals surface area contributed by atoms with Crippen LogP contribution in [0.5, 0.6) is 11.5 Å². The molecule has 0 saturated carbocycles. The largest absolute Gasteiger partial charge is 0.493 e. The van der Waals surface area contributed by atoms with Gasteiger partial charge in [-0.15, -0.1) is 11.8 Å². The number of nitrogens with zero attached hydrogens (tertiary/aromatic N) is 2. The maximum absolute atomic E-state index is 13.8. The minimum atomic E-state index is -0.625. The molecule has 3 N–H and O–H groups in total. The van der Waals surface area contributed by atoms with Crippen molar-refractivity contribution >= 4 is 69.7 Å². The van der Waals surface area contributed by atoms with E-state index in [9.17, 15) is 14.4 Å². The van der Waals surface area contributed by atoms with Gasteiger partial charge >= 0.3 is 0 Å². The second-order valence-corrected chi connectivity index (χ2v) is 13.3. The van der Waals surface area contributed by atoms with Gasteiger partial charge in [-0.25, -0.2) is 0 Å². The molecule has 250 valence electrons. The van der Waals surface area contributed by atoms with Gasteiger partial charge in [-0.2, -0.15) is 9.36 Å². The zero-order valence-electron chi connectivity index (χ0n) is 26.8. The average Bonchev–Trinajstić information content (AvgIpc) is 3.57. The standard InChI is InChI=1S/C36H33N5O5S3/c1-4-47-36-40-35(49-41-36)39-34(44)31(23-13-7-5-8-14-23)48-27-19-12-18-26(22-27)37-33(43)28(38-32(42)24-15-9-6-10-16-24)21-25-17-11-20-29(45-2)30(25)46-3/h5-22,31H,4H2,1-3H3,(H,37,43)(H,38,42)(H,39,40,41,44)/b28-21+. The van der Waals surface area contributed by atoms with E-state index in [1.807, 2.05) is 43.3 Å². The van der Waals surface area contributed by atoms with Crippen molar-refractivity contribution < 1.29 is 23.9 Å². The van der Waals surface area contributed by atoms with Crippen molar-refractivity contribution in [2.45, 2.75) is 22.2 Å². The molecule has 3 amide bonds. The molecule has 0 aliphatic carbocycles. The molecule has 5 rings (SSSR count). The summed E-state index contributed by atoms with van der Waals surface area (Å²) < 4.78 is 15.3. The number of carbonyl (C=O) groups is 3. The minimum Gasteiger partial charge on any atom is -0.493 e. The van der Waals surface area contributed by atoms with E-state index in [4.69, 9.17) is 9.47 Å². The number of thioether (sulfide) groups is 2. The Kier molecular flexibility index (Phi) is 12.5. The number of benzene rings is 4. The predicted molar refractivity (Wildman–Crippen MR) is 196 cm³/mol. The SMILES string of the molecule is CCSc1nsc(NC(=O)C(Sc2cccc(NC(=O)/C(=C\c3cccc(OC)c3OC)NC(=O)c3ccccc3)c2)c2ccccc2)n1. The van der Waals surface area contributed by atoms with E-state index in [1.54, 1.807) is 66.7 Å². The summed E-state index contributed by atoms with van der Waals surface area (Å²) in [4.78, 5) is 45.7. The highest BCUT2D eigenvalue weighted by Gasteiger charge is 2.24. The smallest absolute Gasteiger partial charge is 0.272 e. The molecule has 0 bridgehead atoms. The lowest BCUT2D eigenvalue weighted by atomic mass is 10.1. The molecule has 10 nitrogen and oxygen atoms in total. The monoisotopic (exact) mass is 711 g/mol. The van der Waals surface area contributed by atoms with E-state index < -0.39 is 17.1 Å². The topological polar surface area (TPSA) is 132 Å². The number of amides is 3. The number of nitrogens with one attached hydrogen (secondary N) is 3. The van der Waals surface area contributed by atoms with Gasteiger partial charge in [0.2, 0.25) is 16.2 Å². The van der Waals surface area contributed by atoms with Crippen LogP contribution in [-0.4, -0.2) is 47.1 Å². The fraction of sp³-hybridized carbons (Fsp3) is 0.139. The Morgan fingerprint density at radius 2 is 1.61 bits per heavy atom. The first-order chi connectivity index (χ1) is 23.9. The molecule has 0 radical (unpaired) electrons. The highest BCUT2D eigenvalue weighted by atomic mass is 32.2. The second kappa shape index (κ2) is 17.3. The van der Waals surface area contributed by atoms with Gasteiger partial charge in [-0.05, 0) is 53.8 Å². The Morgan fingerprint density at radius 1 is 0.878 bits per heavy atom. The van der Waals surface area contributed by atoms with Crippen LogP contribution < -0.4 is 25.4 Å². The third-order valence-corrected chi connectivity index (χ3v) is 9.58. The van der Waals surface area contributed by atoms with E-state index in [2.05, 4.69) is 25.3 Å². The van der Waals surface area contributed by atoms with E-state index in [0.29, 0.717) is 38.6 Å². The quantitative estimate of drug-likeness (QED) is 0.0790. The van der Waals surface area contributed by atoms with Crippen LogP contribution >= 0.6 is 35.1 Å². The van der Waals surface area contributed by atoms with Crippen LogP contribution in [0.2, 0.25) is 0 Å². The molecule has 5 aromatic rings. The van der Waals surface area contributed by atoms with Crippen LogP contribution in [0.3, 0.4) is 0 Å². The van der Waals surface area contributed by atoms with Crippen LogP contribution in [0.1, 0.15) is 33.7 Å². The first-order valence-corrected chi connectivity index (χ1v) is 17.7. The van der Waals surface area contributed by atoms with Gasteiger partial charge in [-0.1, -0.05) is 85.4 Å². The van der Waals surface area contributed by atoms with Crippen molar-refractivity contribution in [2.75, 3.05) is 30.6 Å². The number of hydrogen-bond donors (Lipinski definition) is 3. The van der Waals surface area contributed by atoms with E-state index in [1.165, 1.54) is 43.8 Å². The Bertz CT molecular complexity index is 1940. The summed E-state index contributed by atoms with van der Waals surface area (Å²) >= 11 is 3.97. The normalized spacial score (nSPS) is 11.7. The summed E-state index contributed by atoms with van der Waals surface area (Å²) in [5.41, 5.74) is 2.16. The number of para-hydroxylation sites is 1. The molecule has 1 atom stereocenters. The van der Waals surface area contributed by atoms with Gasteiger partial charge in [0, 0.05) is 33.2 Å².